The Labute approximate surface area is 125 Å². The van der Waals surface area contributed by atoms with Crippen LogP contribution in [0.2, 0.25) is 0 Å². The van der Waals surface area contributed by atoms with Crippen LogP contribution in [0.1, 0.15) is 22.9 Å². The summed E-state index contributed by atoms with van der Waals surface area (Å²) in [6.07, 6.45) is 0.162. The molecular formula is C15H15F2NO2S. The Bertz CT molecular complexity index is 581. The zero-order valence-electron chi connectivity index (χ0n) is 11.4. The van der Waals surface area contributed by atoms with E-state index in [-0.39, 0.29) is 25.0 Å². The van der Waals surface area contributed by atoms with E-state index in [0.29, 0.717) is 5.56 Å². The highest BCUT2D eigenvalue weighted by Crippen LogP contribution is 2.23. The third-order valence-electron chi connectivity index (χ3n) is 2.96. The molecule has 1 aromatic carbocycles. The van der Waals surface area contributed by atoms with Crippen LogP contribution in [-0.4, -0.2) is 13.1 Å². The van der Waals surface area contributed by atoms with E-state index in [9.17, 15) is 13.6 Å². The molecular weight excluding hydrogens is 296 g/mol. The van der Waals surface area contributed by atoms with Gasteiger partial charge in [0.1, 0.15) is 11.6 Å². The Morgan fingerprint density at radius 1 is 1.33 bits per heavy atom. The van der Waals surface area contributed by atoms with Crippen molar-refractivity contribution in [1.29, 1.82) is 0 Å². The maximum atomic E-state index is 13.2. The van der Waals surface area contributed by atoms with Crippen molar-refractivity contribution < 1.29 is 18.3 Å². The first kappa shape index (κ1) is 15.6. The minimum atomic E-state index is -0.618. The van der Waals surface area contributed by atoms with Crippen LogP contribution in [0.15, 0.2) is 35.7 Å². The average molecular weight is 311 g/mol. The van der Waals surface area contributed by atoms with Gasteiger partial charge in [-0.1, -0.05) is 6.07 Å². The Morgan fingerprint density at radius 2 is 2.05 bits per heavy atom. The molecule has 1 atom stereocenters. The minimum Gasteiger partial charge on any atom is -0.469 e. The van der Waals surface area contributed by atoms with E-state index in [4.69, 9.17) is 0 Å². The average Bonchev–Trinajstić information content (AvgIpc) is 2.96. The molecule has 0 aliphatic heterocycles. The molecule has 3 nitrogen and oxygen atoms in total. The number of methoxy groups -OCH3 is 1. The summed E-state index contributed by atoms with van der Waals surface area (Å²) in [5.41, 5.74) is 0.485. The maximum absolute atomic E-state index is 13.2. The molecule has 6 heteroatoms. The van der Waals surface area contributed by atoms with Crippen molar-refractivity contribution >= 4 is 17.3 Å². The fourth-order valence-corrected chi connectivity index (χ4v) is 2.77. The van der Waals surface area contributed by atoms with Crippen molar-refractivity contribution in [3.63, 3.8) is 0 Å². The predicted octanol–water partition coefficient (Wildman–Crippen LogP) is 3.42. The predicted molar refractivity (Wildman–Crippen MR) is 76.9 cm³/mol. The zero-order chi connectivity index (χ0) is 15.2. The van der Waals surface area contributed by atoms with Gasteiger partial charge in [-0.3, -0.25) is 4.79 Å². The van der Waals surface area contributed by atoms with E-state index in [2.05, 4.69) is 10.1 Å². The van der Waals surface area contributed by atoms with Gasteiger partial charge in [0.2, 0.25) is 0 Å². The number of nitrogens with one attached hydrogen (secondary N) is 1. The Balaban J connectivity index is 2.06. The molecule has 0 fully saturated rings. The first-order chi connectivity index (χ1) is 10.1. The number of halogens is 2. The lowest BCUT2D eigenvalue weighted by Gasteiger charge is -2.16. The number of ether oxygens (including phenoxy) is 1. The summed E-state index contributed by atoms with van der Waals surface area (Å²) in [7, 11) is 1.33. The number of hydrogen-bond acceptors (Lipinski definition) is 4. The lowest BCUT2D eigenvalue weighted by atomic mass is 10.1. The van der Waals surface area contributed by atoms with Gasteiger partial charge < -0.3 is 10.1 Å². The van der Waals surface area contributed by atoms with Gasteiger partial charge in [0, 0.05) is 17.5 Å². The lowest BCUT2D eigenvalue weighted by molar-refractivity contribution is -0.141. The molecule has 112 valence electrons. The third kappa shape index (κ3) is 4.61. The second-order valence-electron chi connectivity index (χ2n) is 4.51. The van der Waals surface area contributed by atoms with Crippen molar-refractivity contribution in [1.82, 2.24) is 5.32 Å². The highest BCUT2D eigenvalue weighted by Gasteiger charge is 2.17. The molecule has 1 N–H and O–H groups in total. The van der Waals surface area contributed by atoms with Gasteiger partial charge in [0.25, 0.3) is 0 Å². The van der Waals surface area contributed by atoms with Crippen molar-refractivity contribution in [2.24, 2.45) is 0 Å². The standard InChI is InChI=1S/C15H15F2NO2S/c1-20-15(19)8-13(14-3-2-4-21-14)18-9-10-5-11(16)7-12(17)6-10/h2-7,13,18H,8-9H2,1H3. The first-order valence-electron chi connectivity index (χ1n) is 6.37. The minimum absolute atomic E-state index is 0.162. The van der Waals surface area contributed by atoms with Crippen LogP contribution in [0.4, 0.5) is 8.78 Å². The van der Waals surface area contributed by atoms with Gasteiger partial charge in [-0.15, -0.1) is 11.3 Å². The number of hydrogen-bond donors (Lipinski definition) is 1. The van der Waals surface area contributed by atoms with E-state index in [1.54, 1.807) is 0 Å². The number of thiophene rings is 1. The van der Waals surface area contributed by atoms with Crippen LogP contribution in [0.25, 0.3) is 0 Å². The molecule has 1 unspecified atom stereocenters. The van der Waals surface area contributed by atoms with Gasteiger partial charge in [-0.05, 0) is 29.1 Å². The number of benzene rings is 1. The van der Waals surface area contributed by atoms with Gasteiger partial charge in [0.15, 0.2) is 0 Å². The van der Waals surface area contributed by atoms with Crippen LogP contribution >= 0.6 is 11.3 Å². The molecule has 0 amide bonds. The molecule has 2 aromatic rings. The van der Waals surface area contributed by atoms with Crippen molar-refractivity contribution in [2.75, 3.05) is 7.11 Å². The van der Waals surface area contributed by atoms with Gasteiger partial charge >= 0.3 is 5.97 Å². The van der Waals surface area contributed by atoms with Gasteiger partial charge in [-0.2, -0.15) is 0 Å². The summed E-state index contributed by atoms with van der Waals surface area (Å²) < 4.78 is 31.0. The number of esters is 1. The zero-order valence-corrected chi connectivity index (χ0v) is 12.3. The molecule has 1 heterocycles. The smallest absolute Gasteiger partial charge is 0.307 e. The molecule has 1 aromatic heterocycles. The van der Waals surface area contributed by atoms with E-state index >= 15 is 0 Å². The number of carbonyl (C=O) groups is 1. The fraction of sp³-hybridized carbons (Fsp3) is 0.267. The molecule has 0 aliphatic rings. The normalized spacial score (nSPS) is 12.1. The summed E-state index contributed by atoms with van der Waals surface area (Å²) in [5, 5.41) is 5.04. The van der Waals surface area contributed by atoms with E-state index in [1.165, 1.54) is 30.6 Å². The van der Waals surface area contributed by atoms with Gasteiger partial charge in [0.05, 0.1) is 19.6 Å². The van der Waals surface area contributed by atoms with Crippen LogP contribution in [-0.2, 0) is 16.1 Å². The van der Waals surface area contributed by atoms with Crippen molar-refractivity contribution in [2.45, 2.75) is 19.0 Å². The molecule has 0 saturated heterocycles. The van der Waals surface area contributed by atoms with Gasteiger partial charge in [-0.25, -0.2) is 8.78 Å². The first-order valence-corrected chi connectivity index (χ1v) is 7.25. The summed E-state index contributed by atoms with van der Waals surface area (Å²) in [6.45, 7) is 0.258. The topological polar surface area (TPSA) is 38.3 Å². The molecule has 0 bridgehead atoms. The highest BCUT2D eigenvalue weighted by atomic mass is 32.1. The second kappa shape index (κ2) is 7.28. The van der Waals surface area contributed by atoms with Crippen LogP contribution in [0.3, 0.4) is 0 Å². The fourth-order valence-electron chi connectivity index (χ4n) is 1.97. The van der Waals surface area contributed by atoms with Crippen molar-refractivity contribution in [3.8, 4) is 0 Å². The van der Waals surface area contributed by atoms with Crippen LogP contribution < -0.4 is 5.32 Å². The lowest BCUT2D eigenvalue weighted by Crippen LogP contribution is -2.23. The molecule has 0 aliphatic carbocycles. The molecule has 2 rings (SSSR count). The van der Waals surface area contributed by atoms with Crippen LogP contribution in [0, 0.1) is 11.6 Å². The molecule has 21 heavy (non-hydrogen) atoms. The van der Waals surface area contributed by atoms with Crippen LogP contribution in [0.5, 0.6) is 0 Å². The van der Waals surface area contributed by atoms with E-state index in [0.717, 1.165) is 10.9 Å². The largest absolute Gasteiger partial charge is 0.469 e. The Hall–Kier alpha value is -1.79. The highest BCUT2D eigenvalue weighted by molar-refractivity contribution is 7.10. The number of rotatable bonds is 6. The van der Waals surface area contributed by atoms with E-state index < -0.39 is 11.6 Å². The summed E-state index contributed by atoms with van der Waals surface area (Å²) in [6, 6.07) is 6.89. The summed E-state index contributed by atoms with van der Waals surface area (Å²) in [4.78, 5) is 12.4. The summed E-state index contributed by atoms with van der Waals surface area (Å²) >= 11 is 1.51. The van der Waals surface area contributed by atoms with E-state index in [1.807, 2.05) is 17.5 Å². The maximum Gasteiger partial charge on any atom is 0.307 e. The third-order valence-corrected chi connectivity index (χ3v) is 3.95. The van der Waals surface area contributed by atoms with Crippen molar-refractivity contribution in [3.05, 3.63) is 57.8 Å². The molecule has 0 spiro atoms. The SMILES string of the molecule is COC(=O)CC(NCc1cc(F)cc(F)c1)c1cccs1. The molecule has 0 saturated carbocycles. The quantitative estimate of drug-likeness (QED) is 0.831. The summed E-state index contributed by atoms with van der Waals surface area (Å²) in [5.74, 6) is -1.58. The Kier molecular flexibility index (Phi) is 5.41. The second-order valence-corrected chi connectivity index (χ2v) is 5.49. The monoisotopic (exact) mass is 311 g/mol. The Morgan fingerprint density at radius 3 is 2.62 bits per heavy atom. The number of carbonyl (C=O) groups excluding carboxylic acids is 1. The molecule has 0 radical (unpaired) electrons.